The zero-order valence-corrected chi connectivity index (χ0v) is 19.3. The number of guanidine groups is 1. The quantitative estimate of drug-likeness (QED) is 0.348. The summed E-state index contributed by atoms with van der Waals surface area (Å²) in [6.07, 6.45) is 0.0399. The number of hydrogen-bond donors (Lipinski definition) is 2. The van der Waals surface area contributed by atoms with E-state index < -0.39 is 0 Å². The number of aryl methyl sites for hydroxylation is 3. The van der Waals surface area contributed by atoms with E-state index >= 15 is 0 Å². The average molecular weight is 488 g/mol. The first-order valence-electron chi connectivity index (χ1n) is 8.66. The van der Waals surface area contributed by atoms with Gasteiger partial charge in [0.15, 0.2) is 5.96 Å². The molecule has 0 saturated carbocycles. The first-order chi connectivity index (χ1) is 12.0. The molecule has 1 aromatic carbocycles. The minimum Gasteiger partial charge on any atom is -0.489 e. The van der Waals surface area contributed by atoms with Crippen molar-refractivity contribution in [1.29, 1.82) is 0 Å². The Balaban J connectivity index is 0.00000338. The highest BCUT2D eigenvalue weighted by Crippen LogP contribution is 2.18. The lowest BCUT2D eigenvalue weighted by atomic mass is 10.2. The molecule has 1 heterocycles. The van der Waals surface area contributed by atoms with Crippen molar-refractivity contribution in [2.75, 3.05) is 13.1 Å². The fourth-order valence-electron chi connectivity index (χ4n) is 2.42. The molecule has 26 heavy (non-hydrogen) atoms. The van der Waals surface area contributed by atoms with Gasteiger partial charge >= 0.3 is 0 Å². The van der Waals surface area contributed by atoms with Crippen LogP contribution in [0.3, 0.4) is 0 Å². The van der Waals surface area contributed by atoms with E-state index in [0.717, 1.165) is 29.0 Å². The van der Waals surface area contributed by atoms with Crippen LogP contribution in [0.25, 0.3) is 0 Å². The second kappa shape index (κ2) is 11.4. The summed E-state index contributed by atoms with van der Waals surface area (Å²) in [5.74, 6) is 1.69. The molecular formula is C19H29IN4OS. The van der Waals surface area contributed by atoms with Gasteiger partial charge in [0, 0.05) is 11.4 Å². The van der Waals surface area contributed by atoms with E-state index in [9.17, 15) is 0 Å². The molecule has 144 valence electrons. The van der Waals surface area contributed by atoms with Gasteiger partial charge in [0.2, 0.25) is 0 Å². The van der Waals surface area contributed by atoms with Crippen LogP contribution in [0.2, 0.25) is 0 Å². The minimum atomic E-state index is 0. The number of ether oxygens (including phenoxy) is 1. The Hall–Kier alpha value is -1.35. The summed E-state index contributed by atoms with van der Waals surface area (Å²) in [4.78, 5) is 10.3. The van der Waals surface area contributed by atoms with Crippen molar-refractivity contribution >= 4 is 41.3 Å². The van der Waals surface area contributed by atoms with Gasteiger partial charge in [-0.2, -0.15) is 0 Å². The number of benzene rings is 1. The van der Waals surface area contributed by atoms with E-state index in [1.165, 1.54) is 10.4 Å². The molecule has 0 aliphatic heterocycles. The molecule has 2 aromatic rings. The maximum Gasteiger partial charge on any atom is 0.191 e. The Morgan fingerprint density at radius 3 is 2.65 bits per heavy atom. The van der Waals surface area contributed by atoms with Crippen LogP contribution in [0.4, 0.5) is 0 Å². The number of nitrogens with one attached hydrogen (secondary N) is 2. The predicted octanol–water partition coefficient (Wildman–Crippen LogP) is 4.21. The molecule has 0 aliphatic rings. The van der Waals surface area contributed by atoms with E-state index in [4.69, 9.17) is 4.74 Å². The smallest absolute Gasteiger partial charge is 0.191 e. The highest BCUT2D eigenvalue weighted by atomic mass is 127. The molecule has 0 amide bonds. The second-order valence-electron chi connectivity index (χ2n) is 6.06. The highest BCUT2D eigenvalue weighted by molar-refractivity contribution is 14.0. The van der Waals surface area contributed by atoms with Crippen LogP contribution in [0.15, 0.2) is 29.3 Å². The van der Waals surface area contributed by atoms with Crippen LogP contribution >= 0.6 is 35.3 Å². The third-order valence-electron chi connectivity index (χ3n) is 3.61. The summed E-state index contributed by atoms with van der Waals surface area (Å²) < 4.78 is 5.96. The van der Waals surface area contributed by atoms with E-state index in [0.29, 0.717) is 13.1 Å². The van der Waals surface area contributed by atoms with E-state index in [2.05, 4.69) is 47.4 Å². The largest absolute Gasteiger partial charge is 0.489 e. The van der Waals surface area contributed by atoms with E-state index in [1.807, 2.05) is 32.0 Å². The van der Waals surface area contributed by atoms with Crippen molar-refractivity contribution in [2.45, 2.75) is 47.3 Å². The molecular weight excluding hydrogens is 459 g/mol. The van der Waals surface area contributed by atoms with Crippen LogP contribution < -0.4 is 15.4 Å². The molecule has 1 aromatic heterocycles. The topological polar surface area (TPSA) is 58.5 Å². The Morgan fingerprint density at radius 1 is 1.27 bits per heavy atom. The molecule has 0 spiro atoms. The molecule has 0 aliphatic carbocycles. The molecule has 0 radical (unpaired) electrons. The summed E-state index contributed by atoms with van der Waals surface area (Å²) in [7, 11) is 0. The van der Waals surface area contributed by atoms with E-state index in [1.54, 1.807) is 11.3 Å². The molecule has 2 rings (SSSR count). The maximum atomic E-state index is 5.96. The summed E-state index contributed by atoms with van der Waals surface area (Å²) in [5, 5.41) is 7.71. The van der Waals surface area contributed by atoms with Crippen molar-refractivity contribution in [2.24, 2.45) is 4.99 Å². The predicted molar refractivity (Wildman–Crippen MR) is 121 cm³/mol. The van der Waals surface area contributed by atoms with Crippen LogP contribution in [-0.2, 0) is 6.54 Å². The van der Waals surface area contributed by atoms with Crippen LogP contribution in [-0.4, -0.2) is 30.1 Å². The molecule has 1 unspecified atom stereocenters. The van der Waals surface area contributed by atoms with Crippen molar-refractivity contribution in [1.82, 2.24) is 15.6 Å². The highest BCUT2D eigenvalue weighted by Gasteiger charge is 2.07. The fraction of sp³-hybridized carbons (Fsp3) is 0.474. The normalized spacial score (nSPS) is 12.3. The van der Waals surface area contributed by atoms with Gasteiger partial charge in [0.25, 0.3) is 0 Å². The van der Waals surface area contributed by atoms with E-state index in [-0.39, 0.29) is 30.1 Å². The SMILES string of the molecule is CCNC(=NCc1sc(C)nc1C)NCC(C)Oc1cccc(C)c1.I. The van der Waals surface area contributed by atoms with Gasteiger partial charge in [-0.15, -0.1) is 35.3 Å². The number of aliphatic imine (C=N–C) groups is 1. The van der Waals surface area contributed by atoms with Crippen LogP contribution in [0.1, 0.15) is 35.0 Å². The zero-order valence-electron chi connectivity index (χ0n) is 16.1. The number of aromatic nitrogens is 1. The number of halogens is 1. The third kappa shape index (κ3) is 7.49. The fourth-order valence-corrected chi connectivity index (χ4v) is 3.28. The average Bonchev–Trinajstić information content (AvgIpc) is 2.88. The first kappa shape index (κ1) is 22.7. The lowest BCUT2D eigenvalue weighted by Gasteiger charge is -2.18. The summed E-state index contributed by atoms with van der Waals surface area (Å²) in [6.45, 7) is 12.4. The van der Waals surface area contributed by atoms with Gasteiger partial charge in [-0.05, 0) is 52.3 Å². The number of rotatable bonds is 7. The molecule has 0 saturated heterocycles. The Kier molecular flexibility index (Phi) is 9.93. The summed E-state index contributed by atoms with van der Waals surface area (Å²) >= 11 is 1.70. The Morgan fingerprint density at radius 2 is 2.04 bits per heavy atom. The van der Waals surface area contributed by atoms with Crippen molar-refractivity contribution in [3.05, 3.63) is 45.4 Å². The Labute approximate surface area is 177 Å². The van der Waals surface area contributed by atoms with Crippen molar-refractivity contribution < 1.29 is 4.74 Å². The van der Waals surface area contributed by atoms with Crippen molar-refractivity contribution in [3.63, 3.8) is 0 Å². The van der Waals surface area contributed by atoms with Gasteiger partial charge < -0.3 is 15.4 Å². The van der Waals surface area contributed by atoms with Gasteiger partial charge in [-0.1, -0.05) is 12.1 Å². The first-order valence-corrected chi connectivity index (χ1v) is 9.48. The number of thiazole rings is 1. The molecule has 0 fully saturated rings. The zero-order chi connectivity index (χ0) is 18.2. The standard InChI is InChI=1S/C19H28N4OS.HI/c1-6-20-19(22-12-18-15(4)23-16(5)25-18)21-11-14(3)24-17-9-7-8-13(2)10-17;/h7-10,14H,6,11-12H2,1-5H3,(H2,20,21,22);1H. The van der Waals surface area contributed by atoms with Crippen LogP contribution in [0.5, 0.6) is 5.75 Å². The van der Waals surface area contributed by atoms with Crippen LogP contribution in [0, 0.1) is 20.8 Å². The summed E-state index contributed by atoms with van der Waals surface area (Å²) in [6, 6.07) is 8.10. The molecule has 7 heteroatoms. The minimum absolute atomic E-state index is 0. The number of hydrogen-bond acceptors (Lipinski definition) is 4. The monoisotopic (exact) mass is 488 g/mol. The second-order valence-corrected chi connectivity index (χ2v) is 7.35. The van der Waals surface area contributed by atoms with Crippen molar-refractivity contribution in [3.8, 4) is 5.75 Å². The third-order valence-corrected chi connectivity index (χ3v) is 4.67. The van der Waals surface area contributed by atoms with Gasteiger partial charge in [0.1, 0.15) is 11.9 Å². The van der Waals surface area contributed by atoms with Gasteiger partial charge in [-0.25, -0.2) is 9.98 Å². The Bertz CT molecular complexity index is 717. The lowest BCUT2D eigenvalue weighted by molar-refractivity contribution is 0.223. The molecule has 2 N–H and O–H groups in total. The molecule has 1 atom stereocenters. The summed E-state index contributed by atoms with van der Waals surface area (Å²) in [5.41, 5.74) is 2.26. The molecule has 0 bridgehead atoms. The maximum absolute atomic E-state index is 5.96. The van der Waals surface area contributed by atoms with Gasteiger partial charge in [0.05, 0.1) is 23.8 Å². The lowest BCUT2D eigenvalue weighted by Crippen LogP contribution is -2.41. The number of nitrogens with zero attached hydrogens (tertiary/aromatic N) is 2. The molecule has 5 nitrogen and oxygen atoms in total. The van der Waals surface area contributed by atoms with Gasteiger partial charge in [-0.3, -0.25) is 0 Å².